The SMILES string of the molecule is NCC(C(=O)Nc1ccc2c(c1)C(=O)NC2=O)c1ccccc1Cl. The van der Waals surface area contributed by atoms with Crippen LogP contribution < -0.4 is 16.4 Å². The lowest BCUT2D eigenvalue weighted by atomic mass is 9.98. The number of nitrogens with one attached hydrogen (secondary N) is 2. The van der Waals surface area contributed by atoms with Crippen molar-refractivity contribution in [1.29, 1.82) is 0 Å². The number of halogens is 1. The molecule has 1 atom stereocenters. The molecule has 122 valence electrons. The molecule has 0 aliphatic carbocycles. The number of rotatable bonds is 4. The number of hydrogen-bond donors (Lipinski definition) is 3. The highest BCUT2D eigenvalue weighted by atomic mass is 35.5. The van der Waals surface area contributed by atoms with E-state index in [2.05, 4.69) is 10.6 Å². The first-order chi connectivity index (χ1) is 11.5. The highest BCUT2D eigenvalue weighted by molar-refractivity contribution is 6.31. The largest absolute Gasteiger partial charge is 0.329 e. The van der Waals surface area contributed by atoms with E-state index in [9.17, 15) is 14.4 Å². The monoisotopic (exact) mass is 343 g/mol. The lowest BCUT2D eigenvalue weighted by Gasteiger charge is -2.16. The molecule has 4 N–H and O–H groups in total. The van der Waals surface area contributed by atoms with Crippen LogP contribution >= 0.6 is 11.6 Å². The summed E-state index contributed by atoms with van der Waals surface area (Å²) in [7, 11) is 0. The molecule has 24 heavy (non-hydrogen) atoms. The van der Waals surface area contributed by atoms with E-state index in [0.717, 1.165) is 0 Å². The Balaban J connectivity index is 1.84. The van der Waals surface area contributed by atoms with E-state index < -0.39 is 17.7 Å². The summed E-state index contributed by atoms with van der Waals surface area (Å²) < 4.78 is 0. The van der Waals surface area contributed by atoms with E-state index in [1.807, 2.05) is 0 Å². The Morgan fingerprint density at radius 3 is 2.54 bits per heavy atom. The normalized spacial score (nSPS) is 14.1. The molecule has 1 aliphatic rings. The van der Waals surface area contributed by atoms with E-state index in [1.165, 1.54) is 12.1 Å². The van der Waals surface area contributed by atoms with Crippen LogP contribution in [0.2, 0.25) is 5.02 Å². The second-order valence-electron chi connectivity index (χ2n) is 5.34. The summed E-state index contributed by atoms with van der Waals surface area (Å²) >= 11 is 6.13. The fraction of sp³-hybridized carbons (Fsp3) is 0.118. The van der Waals surface area contributed by atoms with Crippen molar-refractivity contribution in [2.75, 3.05) is 11.9 Å². The molecular formula is C17H14ClN3O3. The molecule has 1 unspecified atom stereocenters. The number of carbonyl (C=O) groups excluding carboxylic acids is 3. The molecule has 2 aromatic carbocycles. The van der Waals surface area contributed by atoms with Gasteiger partial charge >= 0.3 is 0 Å². The fourth-order valence-corrected chi connectivity index (χ4v) is 2.88. The highest BCUT2D eigenvalue weighted by Crippen LogP contribution is 2.26. The number of fused-ring (bicyclic) bond motifs is 1. The number of imide groups is 1. The van der Waals surface area contributed by atoms with Crippen LogP contribution in [-0.2, 0) is 4.79 Å². The Hall–Kier alpha value is -2.70. The summed E-state index contributed by atoms with van der Waals surface area (Å²) in [5.41, 5.74) is 7.30. The molecule has 2 aromatic rings. The smallest absolute Gasteiger partial charge is 0.259 e. The third-order valence-electron chi connectivity index (χ3n) is 3.84. The van der Waals surface area contributed by atoms with Crippen molar-refractivity contribution in [3.05, 3.63) is 64.2 Å². The van der Waals surface area contributed by atoms with E-state index >= 15 is 0 Å². The van der Waals surface area contributed by atoms with Crippen LogP contribution in [0.25, 0.3) is 0 Å². The molecule has 6 nitrogen and oxygen atoms in total. The molecule has 0 spiro atoms. The maximum Gasteiger partial charge on any atom is 0.259 e. The minimum absolute atomic E-state index is 0.0828. The van der Waals surface area contributed by atoms with Gasteiger partial charge in [0.15, 0.2) is 0 Å². The highest BCUT2D eigenvalue weighted by Gasteiger charge is 2.27. The zero-order valence-electron chi connectivity index (χ0n) is 12.5. The second-order valence-corrected chi connectivity index (χ2v) is 5.75. The van der Waals surface area contributed by atoms with Gasteiger partial charge in [0.25, 0.3) is 11.8 Å². The van der Waals surface area contributed by atoms with Crippen LogP contribution in [0.1, 0.15) is 32.2 Å². The van der Waals surface area contributed by atoms with Gasteiger partial charge < -0.3 is 11.1 Å². The maximum absolute atomic E-state index is 12.5. The van der Waals surface area contributed by atoms with Gasteiger partial charge in [0, 0.05) is 17.3 Å². The molecule has 3 rings (SSSR count). The molecule has 7 heteroatoms. The number of benzene rings is 2. The Kier molecular flexibility index (Phi) is 4.33. The van der Waals surface area contributed by atoms with Gasteiger partial charge in [-0.1, -0.05) is 29.8 Å². The molecular weight excluding hydrogens is 330 g/mol. The van der Waals surface area contributed by atoms with E-state index in [1.54, 1.807) is 30.3 Å². The minimum atomic E-state index is -0.623. The van der Waals surface area contributed by atoms with Gasteiger partial charge in [0.2, 0.25) is 5.91 Å². The number of nitrogens with two attached hydrogens (primary N) is 1. The topological polar surface area (TPSA) is 101 Å². The van der Waals surface area contributed by atoms with Gasteiger partial charge in [0.1, 0.15) is 0 Å². The van der Waals surface area contributed by atoms with Gasteiger partial charge in [-0.05, 0) is 29.8 Å². The van der Waals surface area contributed by atoms with Crippen molar-refractivity contribution < 1.29 is 14.4 Å². The zero-order valence-corrected chi connectivity index (χ0v) is 13.3. The van der Waals surface area contributed by atoms with Crippen LogP contribution in [0.4, 0.5) is 5.69 Å². The predicted molar refractivity (Wildman–Crippen MR) is 90.1 cm³/mol. The van der Waals surface area contributed by atoms with Crippen molar-refractivity contribution in [3.63, 3.8) is 0 Å². The average Bonchev–Trinajstić information content (AvgIpc) is 2.84. The van der Waals surface area contributed by atoms with E-state index in [-0.39, 0.29) is 18.0 Å². The summed E-state index contributed by atoms with van der Waals surface area (Å²) in [6, 6.07) is 11.5. The third-order valence-corrected chi connectivity index (χ3v) is 4.18. The zero-order chi connectivity index (χ0) is 17.3. The van der Waals surface area contributed by atoms with E-state index in [4.69, 9.17) is 17.3 Å². The van der Waals surface area contributed by atoms with Gasteiger partial charge in [-0.3, -0.25) is 19.7 Å². The number of carbonyl (C=O) groups is 3. The molecule has 1 aliphatic heterocycles. The number of hydrogen-bond acceptors (Lipinski definition) is 4. The first kappa shape index (κ1) is 16.2. The van der Waals surface area contributed by atoms with Gasteiger partial charge in [-0.25, -0.2) is 0 Å². The maximum atomic E-state index is 12.5. The molecule has 0 aromatic heterocycles. The van der Waals surface area contributed by atoms with Gasteiger partial charge in [0.05, 0.1) is 17.0 Å². The van der Waals surface area contributed by atoms with Crippen LogP contribution in [-0.4, -0.2) is 24.3 Å². The molecule has 0 fully saturated rings. The quantitative estimate of drug-likeness (QED) is 0.738. The summed E-state index contributed by atoms with van der Waals surface area (Å²) in [6.07, 6.45) is 0. The van der Waals surface area contributed by atoms with Crippen molar-refractivity contribution in [1.82, 2.24) is 5.32 Å². The van der Waals surface area contributed by atoms with Crippen LogP contribution in [0.3, 0.4) is 0 Å². The predicted octanol–water partition coefficient (Wildman–Crippen LogP) is 1.90. The molecule has 0 saturated carbocycles. The minimum Gasteiger partial charge on any atom is -0.329 e. The van der Waals surface area contributed by atoms with Crippen LogP contribution in [0.15, 0.2) is 42.5 Å². The third kappa shape index (κ3) is 2.89. The lowest BCUT2D eigenvalue weighted by molar-refractivity contribution is -0.117. The van der Waals surface area contributed by atoms with Crippen molar-refractivity contribution in [2.24, 2.45) is 5.73 Å². The molecule has 0 bridgehead atoms. The van der Waals surface area contributed by atoms with Crippen molar-refractivity contribution in [2.45, 2.75) is 5.92 Å². The van der Waals surface area contributed by atoms with Crippen LogP contribution in [0, 0.1) is 0 Å². The Morgan fingerprint density at radius 1 is 1.12 bits per heavy atom. The Labute approximate surface area is 143 Å². The summed E-state index contributed by atoms with van der Waals surface area (Å²) in [5.74, 6) is -1.88. The second kappa shape index (κ2) is 6.43. The standard InChI is InChI=1S/C17H14ClN3O3/c18-14-4-2-1-3-10(14)13(8-19)17(24)20-9-5-6-11-12(7-9)16(23)21-15(11)22/h1-7,13H,8,19H2,(H,20,24)(H,21,22,23). The first-order valence-corrected chi connectivity index (χ1v) is 7.64. The lowest BCUT2D eigenvalue weighted by Crippen LogP contribution is -2.27. The fourth-order valence-electron chi connectivity index (χ4n) is 2.61. The Bertz CT molecular complexity index is 851. The first-order valence-electron chi connectivity index (χ1n) is 7.26. The number of anilines is 1. The average molecular weight is 344 g/mol. The van der Waals surface area contributed by atoms with Crippen molar-refractivity contribution in [3.8, 4) is 0 Å². The Morgan fingerprint density at radius 2 is 1.83 bits per heavy atom. The van der Waals surface area contributed by atoms with Crippen LogP contribution in [0.5, 0.6) is 0 Å². The summed E-state index contributed by atoms with van der Waals surface area (Å²) in [4.78, 5) is 35.7. The number of amides is 3. The van der Waals surface area contributed by atoms with E-state index in [0.29, 0.717) is 21.8 Å². The van der Waals surface area contributed by atoms with Gasteiger partial charge in [-0.2, -0.15) is 0 Å². The summed E-state index contributed by atoms with van der Waals surface area (Å²) in [5, 5.41) is 5.38. The van der Waals surface area contributed by atoms with Crippen molar-refractivity contribution >= 4 is 35.0 Å². The summed E-state index contributed by atoms with van der Waals surface area (Å²) in [6.45, 7) is 0.0828. The molecule has 0 radical (unpaired) electrons. The molecule has 0 saturated heterocycles. The molecule has 3 amide bonds. The van der Waals surface area contributed by atoms with Gasteiger partial charge in [-0.15, -0.1) is 0 Å². The molecule has 1 heterocycles.